The van der Waals surface area contributed by atoms with Crippen LogP contribution in [-0.2, 0) is 17.8 Å². The Bertz CT molecular complexity index is 460. The van der Waals surface area contributed by atoms with Gasteiger partial charge in [0.15, 0.2) is 0 Å². The van der Waals surface area contributed by atoms with Crippen LogP contribution in [0, 0.1) is 0 Å². The van der Waals surface area contributed by atoms with Gasteiger partial charge in [-0.3, -0.25) is 4.57 Å². The molecule has 1 atom stereocenters. The molecule has 6 nitrogen and oxygen atoms in total. The van der Waals surface area contributed by atoms with E-state index < -0.39 is 0 Å². The first-order chi connectivity index (χ1) is 9.77. The second-order valence-corrected chi connectivity index (χ2v) is 5.26. The summed E-state index contributed by atoms with van der Waals surface area (Å²) in [6.45, 7) is 8.58. The minimum absolute atomic E-state index is 0.00632. The predicted octanol–water partition coefficient (Wildman–Crippen LogP) is 0.958. The molecule has 20 heavy (non-hydrogen) atoms. The zero-order valence-corrected chi connectivity index (χ0v) is 12.6. The van der Waals surface area contributed by atoms with Crippen molar-refractivity contribution >= 4 is 0 Å². The van der Waals surface area contributed by atoms with E-state index >= 15 is 0 Å². The topological polar surface area (TPSA) is 61.1 Å². The Balaban J connectivity index is 2.09. The summed E-state index contributed by atoms with van der Waals surface area (Å²) in [7, 11) is 0. The molecule has 1 aliphatic heterocycles. The monoisotopic (exact) mass is 282 g/mol. The first kappa shape index (κ1) is 15.3. The van der Waals surface area contributed by atoms with Crippen LogP contribution >= 0.6 is 0 Å². The van der Waals surface area contributed by atoms with Gasteiger partial charge in [0.25, 0.3) is 0 Å². The van der Waals surface area contributed by atoms with Gasteiger partial charge in [-0.1, -0.05) is 6.92 Å². The molecule has 0 spiro atoms. The molecule has 1 N–H and O–H groups in total. The molecule has 0 saturated carbocycles. The maximum Gasteiger partial charge on any atom is 0.345 e. The molecule has 1 aromatic rings. The highest BCUT2D eigenvalue weighted by Crippen LogP contribution is 2.20. The molecular formula is C14H26N4O2. The Hall–Kier alpha value is -1.14. The van der Waals surface area contributed by atoms with Gasteiger partial charge < -0.3 is 10.1 Å². The summed E-state index contributed by atoms with van der Waals surface area (Å²) < 4.78 is 8.81. The summed E-state index contributed by atoms with van der Waals surface area (Å²) in [6.07, 6.45) is 3.25. The normalized spacial score (nSPS) is 19.4. The summed E-state index contributed by atoms with van der Waals surface area (Å²) in [5.74, 6) is 1.29. The van der Waals surface area contributed by atoms with Crippen molar-refractivity contribution < 1.29 is 4.74 Å². The quantitative estimate of drug-likeness (QED) is 0.757. The van der Waals surface area contributed by atoms with E-state index in [1.54, 1.807) is 9.25 Å². The smallest absolute Gasteiger partial charge is 0.345 e. The Morgan fingerprint density at radius 1 is 1.40 bits per heavy atom. The Morgan fingerprint density at radius 3 is 2.90 bits per heavy atom. The lowest BCUT2D eigenvalue weighted by Gasteiger charge is -2.21. The zero-order chi connectivity index (χ0) is 14.4. The Kier molecular flexibility index (Phi) is 5.79. The summed E-state index contributed by atoms with van der Waals surface area (Å²) in [6, 6.07) is 0. The van der Waals surface area contributed by atoms with E-state index in [1.807, 2.05) is 6.92 Å². The minimum Gasteiger partial charge on any atom is -0.380 e. The molecule has 2 heterocycles. The van der Waals surface area contributed by atoms with Crippen molar-refractivity contribution in [3.8, 4) is 0 Å². The van der Waals surface area contributed by atoms with Gasteiger partial charge in [0.1, 0.15) is 5.82 Å². The maximum absolute atomic E-state index is 12.3. The van der Waals surface area contributed by atoms with Crippen LogP contribution in [0.1, 0.15) is 44.9 Å². The predicted molar refractivity (Wildman–Crippen MR) is 78.1 cm³/mol. The summed E-state index contributed by atoms with van der Waals surface area (Å²) in [5, 5.41) is 7.93. The summed E-state index contributed by atoms with van der Waals surface area (Å²) in [4.78, 5) is 12.3. The van der Waals surface area contributed by atoms with Gasteiger partial charge in [-0.15, -0.1) is 0 Å². The van der Waals surface area contributed by atoms with Gasteiger partial charge in [0.05, 0.1) is 13.2 Å². The van der Waals surface area contributed by atoms with Crippen molar-refractivity contribution in [3.63, 3.8) is 0 Å². The number of piperidine rings is 1. The maximum atomic E-state index is 12.3. The molecule has 0 bridgehead atoms. The molecule has 1 fully saturated rings. The lowest BCUT2D eigenvalue weighted by atomic mass is 9.99. The fraction of sp³-hybridized carbons (Fsp3) is 0.857. The van der Waals surface area contributed by atoms with E-state index in [-0.39, 0.29) is 5.69 Å². The molecule has 0 aliphatic carbocycles. The molecule has 114 valence electrons. The molecule has 1 aromatic heterocycles. The van der Waals surface area contributed by atoms with Crippen LogP contribution in [0.2, 0.25) is 0 Å². The van der Waals surface area contributed by atoms with E-state index in [1.165, 1.54) is 0 Å². The third-order valence-electron chi connectivity index (χ3n) is 3.73. The van der Waals surface area contributed by atoms with Crippen LogP contribution in [0.25, 0.3) is 0 Å². The van der Waals surface area contributed by atoms with Crippen LogP contribution < -0.4 is 11.0 Å². The van der Waals surface area contributed by atoms with Crippen molar-refractivity contribution in [2.75, 3.05) is 26.3 Å². The number of hydrogen-bond donors (Lipinski definition) is 1. The Morgan fingerprint density at radius 2 is 2.25 bits per heavy atom. The van der Waals surface area contributed by atoms with Gasteiger partial charge in [-0.05, 0) is 32.7 Å². The highest BCUT2D eigenvalue weighted by molar-refractivity contribution is 5.00. The number of hydrogen-bond acceptors (Lipinski definition) is 4. The average Bonchev–Trinajstić information content (AvgIpc) is 2.81. The average molecular weight is 282 g/mol. The minimum atomic E-state index is -0.00632. The summed E-state index contributed by atoms with van der Waals surface area (Å²) in [5.41, 5.74) is -0.00632. The van der Waals surface area contributed by atoms with Gasteiger partial charge in [-0.2, -0.15) is 5.10 Å². The van der Waals surface area contributed by atoms with E-state index in [4.69, 9.17) is 4.74 Å². The zero-order valence-electron chi connectivity index (χ0n) is 12.6. The third-order valence-corrected chi connectivity index (χ3v) is 3.73. The Labute approximate surface area is 120 Å². The molecule has 6 heteroatoms. The van der Waals surface area contributed by atoms with Gasteiger partial charge >= 0.3 is 5.69 Å². The molecule has 0 aromatic carbocycles. The molecule has 0 amide bonds. The fourth-order valence-electron chi connectivity index (χ4n) is 2.67. The van der Waals surface area contributed by atoms with Crippen LogP contribution in [0.5, 0.6) is 0 Å². The van der Waals surface area contributed by atoms with Crippen molar-refractivity contribution in [1.82, 2.24) is 19.7 Å². The number of aromatic nitrogens is 3. The van der Waals surface area contributed by atoms with Crippen molar-refractivity contribution in [1.29, 1.82) is 0 Å². The highest BCUT2D eigenvalue weighted by Gasteiger charge is 2.23. The van der Waals surface area contributed by atoms with Gasteiger partial charge in [0.2, 0.25) is 0 Å². The molecule has 0 radical (unpaired) electrons. The first-order valence-electron chi connectivity index (χ1n) is 7.73. The van der Waals surface area contributed by atoms with Gasteiger partial charge in [0, 0.05) is 25.6 Å². The molecule has 1 aliphatic rings. The fourth-order valence-corrected chi connectivity index (χ4v) is 2.67. The molecule has 2 rings (SSSR count). The largest absolute Gasteiger partial charge is 0.380 e. The molecular weight excluding hydrogens is 256 g/mol. The van der Waals surface area contributed by atoms with Crippen LogP contribution in [0.4, 0.5) is 0 Å². The van der Waals surface area contributed by atoms with Crippen LogP contribution in [0.15, 0.2) is 4.79 Å². The lowest BCUT2D eigenvalue weighted by molar-refractivity contribution is 0.123. The van der Waals surface area contributed by atoms with Crippen LogP contribution in [-0.4, -0.2) is 40.7 Å². The standard InChI is InChI=1S/C14H26N4O2/c1-3-9-20-10-8-18-14(19)17(4-2)13(16-18)12-6-5-7-15-11-12/h12,15H,3-11H2,1-2H3/t12-/m0/s1. The summed E-state index contributed by atoms with van der Waals surface area (Å²) >= 11 is 0. The number of nitrogens with one attached hydrogen (secondary N) is 1. The number of nitrogens with zero attached hydrogens (tertiary/aromatic N) is 3. The second-order valence-electron chi connectivity index (χ2n) is 5.26. The van der Waals surface area contributed by atoms with E-state index in [0.717, 1.165) is 44.8 Å². The van der Waals surface area contributed by atoms with E-state index in [0.29, 0.717) is 25.6 Å². The third kappa shape index (κ3) is 3.49. The van der Waals surface area contributed by atoms with Crippen molar-refractivity contribution in [2.24, 2.45) is 0 Å². The number of ether oxygens (including phenoxy) is 1. The van der Waals surface area contributed by atoms with Crippen molar-refractivity contribution in [2.45, 2.75) is 52.1 Å². The number of rotatable bonds is 7. The van der Waals surface area contributed by atoms with E-state index in [2.05, 4.69) is 17.3 Å². The van der Waals surface area contributed by atoms with Crippen molar-refractivity contribution in [3.05, 3.63) is 16.3 Å². The molecule has 0 unspecified atom stereocenters. The first-order valence-corrected chi connectivity index (χ1v) is 7.73. The van der Waals surface area contributed by atoms with Gasteiger partial charge in [-0.25, -0.2) is 9.48 Å². The lowest BCUT2D eigenvalue weighted by Crippen LogP contribution is -2.31. The SMILES string of the molecule is CCCOCCn1nc([C@H]2CCCNC2)n(CC)c1=O. The second kappa shape index (κ2) is 7.59. The van der Waals surface area contributed by atoms with E-state index in [9.17, 15) is 4.79 Å². The molecule has 1 saturated heterocycles. The van der Waals surface area contributed by atoms with Crippen LogP contribution in [0.3, 0.4) is 0 Å². The highest BCUT2D eigenvalue weighted by atomic mass is 16.5.